The number of aliphatic hydroxyl groups is 5. The molecule has 44 nitrogen and oxygen atoms in total. The van der Waals surface area contributed by atoms with Crippen molar-refractivity contribution in [3.05, 3.63) is 182 Å². The van der Waals surface area contributed by atoms with Crippen LogP contribution in [-0.4, -0.2) is 252 Å². The van der Waals surface area contributed by atoms with Gasteiger partial charge in [0.25, 0.3) is 6.72 Å². The van der Waals surface area contributed by atoms with E-state index in [0.717, 1.165) is 43.5 Å². The monoisotopic (exact) mass is 2060 g/mol. The molecule has 4 saturated heterocycles. The molecule has 0 radical (unpaired) electrons. The van der Waals surface area contributed by atoms with Crippen molar-refractivity contribution in [2.75, 3.05) is 119 Å². The predicted octanol–water partition coefficient (Wildman–Crippen LogP) is 10.4. The number of furan rings is 3. The van der Waals surface area contributed by atoms with Crippen molar-refractivity contribution < 1.29 is 173 Å². The standard InChI is InChI=1S/C37H43F2N4O14P.C22H23ClF2N3O10P.C21H21F2N3O9.CH3Cl2OP/c1-23(34(47)52-15-12-42-10-13-51-14-11-42)41-58(49,57-27-6-4-3-5-7-27)54-22-30-33(46)37(38,39)35(56-30)43-9-8-26(40-36(43)48)19-31(45)53-21-29-17-24-16-28(50-2)18-25(20-44)32(24)55-29;1-33-12-6-11-7-13(37-17(11)14(8-12)34-2)9-35-21(31)27-16-4-5-28(20(30)26-16)19-22(24,25)18(29)15(38-19)10-36-39(3,23)32;1-31-11-5-10-6-12(34-16(10)13(7-11)32-2)9-33-20(30)25-15-3-4-26(19(29)24-15)18-21(22,23)17(28)14(8-27)35-18;1-5(2,3)4/h3-9,16-18,23,30,33,35,44,46H,10-15,19-22H2,1-2H3,(H,41,49);4-8,15,18-19,29H,9-10H2,1-3H3,(H,26,27,30,31);3-7,14,17-18,27-28H,8-9H2,1-2H3,(H,24,25,29,30);1H3/t23-,30+,33+,35?,58?;15-,18-,19-,39?;14-,17-,18-;/m011./s1. The molecule has 10 heterocycles. The van der Waals surface area contributed by atoms with Crippen LogP contribution < -0.4 is 61.0 Å². The number of morpholine rings is 1. The zero-order valence-electron chi connectivity index (χ0n) is 73.2. The maximum Gasteiger partial charge on any atom is 0.459 e. The number of rotatable bonds is 34. The highest BCUT2D eigenvalue weighted by molar-refractivity contribution is 8.08. The van der Waals surface area contributed by atoms with Gasteiger partial charge < -0.3 is 109 Å². The number of hydrogen-bond donors (Lipinski definition) is 8. The number of carbonyl (C=O) groups is 4. The normalized spacial score (nSPS) is 20.9. The largest absolute Gasteiger partial charge is 0.497 e. The van der Waals surface area contributed by atoms with E-state index in [0.29, 0.717) is 120 Å². The van der Waals surface area contributed by atoms with E-state index in [-0.39, 0.29) is 67.6 Å². The molecule has 3 unspecified atom stereocenters. The maximum absolute atomic E-state index is 15.5. The van der Waals surface area contributed by atoms with Crippen molar-refractivity contribution in [1.29, 1.82) is 0 Å². The molecule has 4 aliphatic rings. The van der Waals surface area contributed by atoms with Gasteiger partial charge in [-0.15, -0.1) is 0 Å². The minimum atomic E-state index is -4.55. The fourth-order valence-corrected chi connectivity index (χ4v) is 15.5. The molecule has 8 N–H and O–H groups in total. The first-order valence-corrected chi connectivity index (χ1v) is 48.9. The SMILES string of the molecule is COc1cc(CO)c2oc(COC(=O)Cc3ccn(C4O[C@H](COP(=O)(N[C@@H](C)C(=O)OCCN5CCOCC5)Oc5ccccc5)[C@@H](O)C4(F)F)c(=O)n3)cc2c1.COc1cc(OC)c2oc(COC(=O)Nc3ccn([C@@H]4O[C@H](CO)[C@@H](O)C4(F)F)c(=O)n3)cc2c1.COc1cc(OC)c2oc(COC(=O)Nc3ccn([C@@H]4O[C@H](COP(C)(=O)Cl)[C@@H](O)C4(F)F)c(=O)n3)cc2c1.CP(=O)(Cl)Cl. The minimum Gasteiger partial charge on any atom is -0.497 e. The van der Waals surface area contributed by atoms with Gasteiger partial charge in [-0.05, 0) is 113 Å². The molecule has 56 heteroatoms. The number of para-hydroxylation sites is 1. The highest BCUT2D eigenvalue weighted by atomic mass is 35.9. The first-order valence-electron chi connectivity index (χ1n) is 40.4. The number of esters is 2. The van der Waals surface area contributed by atoms with E-state index >= 15 is 8.78 Å². The van der Waals surface area contributed by atoms with Gasteiger partial charge in [-0.2, -0.15) is 46.4 Å². The van der Waals surface area contributed by atoms with E-state index < -0.39 is 167 Å². The number of methoxy groups -OCH3 is 5. The number of alkyl halides is 6. The first kappa shape index (κ1) is 106. The summed E-state index contributed by atoms with van der Waals surface area (Å²) in [5.41, 5.74) is -2.04. The van der Waals surface area contributed by atoms with Gasteiger partial charge in [-0.3, -0.25) is 52.5 Å². The number of ether oxygens (including phenoxy) is 13. The summed E-state index contributed by atoms with van der Waals surface area (Å²) in [6.45, 7) is -0.603. The topological polar surface area (TPSA) is 552 Å². The van der Waals surface area contributed by atoms with Gasteiger partial charge in [0.05, 0.1) is 87.3 Å². The highest BCUT2D eigenvalue weighted by Crippen LogP contribution is 2.53. The lowest BCUT2D eigenvalue weighted by Gasteiger charge is -2.27. The van der Waals surface area contributed by atoms with Crippen molar-refractivity contribution in [3.8, 4) is 34.5 Å². The lowest BCUT2D eigenvalue weighted by Crippen LogP contribution is -2.42. The van der Waals surface area contributed by atoms with Gasteiger partial charge in [-0.1, -0.05) is 18.2 Å². The number of benzene rings is 4. The molecule has 6 aromatic heterocycles. The minimum absolute atomic E-state index is 0.0426. The molecule has 2 amide bonds. The zero-order valence-corrected chi connectivity index (χ0v) is 78.1. The Kier molecular flexibility index (Phi) is 35.9. The molecule has 0 spiro atoms. The van der Waals surface area contributed by atoms with Crippen molar-refractivity contribution in [2.24, 2.45) is 0 Å². The van der Waals surface area contributed by atoms with E-state index in [4.69, 9.17) is 127 Å². The number of nitrogens with one attached hydrogen (secondary N) is 3. The Morgan fingerprint density at radius 2 is 0.964 bits per heavy atom. The molecule has 0 aliphatic carbocycles. The number of hydrogen-bond acceptors (Lipinski definition) is 38. The summed E-state index contributed by atoms with van der Waals surface area (Å²) in [6.07, 6.45) is -18.9. The number of aliphatic hydroxyl groups excluding tert-OH is 5. The maximum atomic E-state index is 15.5. The Hall–Kier alpha value is -11.0. The third-order valence-corrected chi connectivity index (χ3v) is 22.6. The van der Waals surface area contributed by atoms with Crippen LogP contribution in [0.1, 0.15) is 54.1 Å². The number of halogens is 9. The van der Waals surface area contributed by atoms with E-state index in [1.807, 2.05) is 4.90 Å². The predicted molar refractivity (Wildman–Crippen MR) is 468 cm³/mol. The summed E-state index contributed by atoms with van der Waals surface area (Å²) in [7, 11) is 2.85. The molecule has 14 rings (SSSR count). The number of nitrogens with zero attached hydrogens (tertiary/aromatic N) is 7. The van der Waals surface area contributed by atoms with Gasteiger partial charge in [-0.25, -0.2) is 28.5 Å². The molecule has 137 heavy (non-hydrogen) atoms. The molecule has 4 fully saturated rings. The second-order valence-corrected chi connectivity index (χ2v) is 41.0. The van der Waals surface area contributed by atoms with Crippen LogP contribution in [0.5, 0.6) is 34.5 Å². The second-order valence-electron chi connectivity index (χ2n) is 29.9. The molecule has 0 bridgehead atoms. The van der Waals surface area contributed by atoms with Gasteiger partial charge >= 0.3 is 66.7 Å². The van der Waals surface area contributed by atoms with Crippen LogP contribution >= 0.6 is 54.0 Å². The first-order chi connectivity index (χ1) is 64.8. The summed E-state index contributed by atoms with van der Waals surface area (Å²) >= 11 is 15.2. The summed E-state index contributed by atoms with van der Waals surface area (Å²) in [5.74, 6) is -13.4. The average molecular weight is 2060 g/mol. The van der Waals surface area contributed by atoms with E-state index in [1.165, 1.54) is 61.3 Å². The molecule has 12 atom stereocenters. The summed E-state index contributed by atoms with van der Waals surface area (Å²) in [6, 6.07) is 24.5. The Bertz CT molecular complexity index is 6240. The molecule has 746 valence electrons. The van der Waals surface area contributed by atoms with Crippen molar-refractivity contribution in [1.82, 2.24) is 38.6 Å². The summed E-state index contributed by atoms with van der Waals surface area (Å²) in [4.78, 5) is 100. The number of fused-ring (bicyclic) bond motifs is 3. The number of aromatic nitrogens is 6. The van der Waals surface area contributed by atoms with Crippen LogP contribution in [0.15, 0.2) is 149 Å². The van der Waals surface area contributed by atoms with Gasteiger partial charge in [0.15, 0.2) is 54.2 Å². The molecule has 4 aromatic carbocycles. The lowest BCUT2D eigenvalue weighted by molar-refractivity contribution is -0.146. The number of amides is 2. The second kappa shape index (κ2) is 46.2. The Morgan fingerprint density at radius 3 is 1.39 bits per heavy atom. The number of carbonyl (C=O) groups excluding carboxylic acids is 4. The molecule has 4 aliphatic heterocycles. The smallest absolute Gasteiger partial charge is 0.459 e. The fraction of sp³-hybridized carbons (Fsp3) is 0.432. The van der Waals surface area contributed by atoms with Gasteiger partial charge in [0.2, 0.25) is 24.5 Å². The Balaban J connectivity index is 0.000000200. The quantitative estimate of drug-likeness (QED) is 0.00804. The fourth-order valence-electron chi connectivity index (χ4n) is 13.4. The molecular weight excluding hydrogens is 1970 g/mol. The third-order valence-electron chi connectivity index (χ3n) is 20.0. The van der Waals surface area contributed by atoms with Crippen molar-refractivity contribution >= 4 is 123 Å². The Morgan fingerprint density at radius 1 is 0.540 bits per heavy atom. The summed E-state index contributed by atoms with van der Waals surface area (Å²) < 4.78 is 226. The average Bonchev–Trinajstić information content (AvgIpc) is 1.58. The van der Waals surface area contributed by atoms with E-state index in [2.05, 4.69) is 30.7 Å². The molecule has 10 aromatic rings. The van der Waals surface area contributed by atoms with Gasteiger partial charge in [0, 0.05) is 85.4 Å². The van der Waals surface area contributed by atoms with Crippen LogP contribution in [0.25, 0.3) is 32.9 Å². The third kappa shape index (κ3) is 27.8. The number of anilines is 2. The van der Waals surface area contributed by atoms with E-state index in [1.54, 1.807) is 72.8 Å². The van der Waals surface area contributed by atoms with Crippen molar-refractivity contribution in [3.63, 3.8) is 0 Å². The van der Waals surface area contributed by atoms with Crippen LogP contribution in [0.3, 0.4) is 0 Å². The van der Waals surface area contributed by atoms with Crippen molar-refractivity contribution in [2.45, 2.75) is 119 Å². The van der Waals surface area contributed by atoms with Crippen LogP contribution in [0.4, 0.5) is 47.6 Å². The van der Waals surface area contributed by atoms with Gasteiger partial charge in [0.1, 0.15) is 95.1 Å². The van der Waals surface area contributed by atoms with E-state index in [9.17, 15) is 85.2 Å². The molecule has 0 saturated carbocycles. The summed E-state index contributed by atoms with van der Waals surface area (Å²) in [5, 5.41) is 57.7. The van der Waals surface area contributed by atoms with Crippen LogP contribution in [-0.2, 0) is 103 Å². The lowest BCUT2D eigenvalue weighted by atomic mass is 10.1. The van der Waals surface area contributed by atoms with Crippen LogP contribution in [0, 0.1) is 0 Å². The Labute approximate surface area is 784 Å². The highest BCUT2D eigenvalue weighted by Gasteiger charge is 2.62. The molecular formula is C81H90Cl3F6N10O34P3. The zero-order chi connectivity index (χ0) is 99.8. The van der Waals surface area contributed by atoms with Crippen LogP contribution in [0.2, 0.25) is 0 Å².